The van der Waals surface area contributed by atoms with Gasteiger partial charge in [0.25, 0.3) is 0 Å². The Morgan fingerprint density at radius 1 is 1.42 bits per heavy atom. The quantitative estimate of drug-likeness (QED) is 0.857. The zero-order valence-electron chi connectivity index (χ0n) is 12.5. The normalized spacial score (nSPS) is 18.1. The van der Waals surface area contributed by atoms with E-state index in [1.165, 1.54) is 7.11 Å². The molecule has 0 unspecified atom stereocenters. The first-order valence-electron chi connectivity index (χ1n) is 7.06. The fourth-order valence-corrected chi connectivity index (χ4v) is 3.38. The van der Waals surface area contributed by atoms with E-state index in [9.17, 15) is 18.0 Å². The molecule has 0 saturated heterocycles. The molecule has 9 heteroatoms. The molecule has 0 aliphatic carbocycles. The summed E-state index contributed by atoms with van der Waals surface area (Å²) in [6.07, 6.45) is -4.91. The SMILES string of the molecule is COCC(=O)N1Cc2c([nH]c3c(Cl)c(Cl)ccc23)C[C@H]1C(F)(F)F. The second kappa shape index (κ2) is 6.13. The number of amides is 1. The number of aromatic nitrogens is 1. The van der Waals surface area contributed by atoms with E-state index >= 15 is 0 Å². The number of halogens is 5. The Morgan fingerprint density at radius 3 is 2.75 bits per heavy atom. The van der Waals surface area contributed by atoms with E-state index in [1.807, 2.05) is 0 Å². The molecule has 1 atom stereocenters. The van der Waals surface area contributed by atoms with E-state index in [2.05, 4.69) is 4.98 Å². The smallest absolute Gasteiger partial charge is 0.375 e. The van der Waals surface area contributed by atoms with Crippen LogP contribution in [-0.2, 0) is 22.5 Å². The molecule has 2 aromatic rings. The van der Waals surface area contributed by atoms with Gasteiger partial charge in [-0.1, -0.05) is 29.3 Å². The molecule has 0 bridgehead atoms. The summed E-state index contributed by atoms with van der Waals surface area (Å²) in [6.45, 7) is -0.573. The molecule has 1 aliphatic rings. The van der Waals surface area contributed by atoms with E-state index in [-0.39, 0.29) is 18.0 Å². The number of aromatic amines is 1. The third-order valence-corrected chi connectivity index (χ3v) is 4.93. The van der Waals surface area contributed by atoms with Gasteiger partial charge >= 0.3 is 6.18 Å². The van der Waals surface area contributed by atoms with Gasteiger partial charge in [0, 0.05) is 36.7 Å². The van der Waals surface area contributed by atoms with Gasteiger partial charge in [-0.25, -0.2) is 0 Å². The number of carbonyl (C=O) groups is 1. The predicted octanol–water partition coefficient (Wildman–Crippen LogP) is 3.94. The van der Waals surface area contributed by atoms with Crippen LogP contribution in [0.1, 0.15) is 11.3 Å². The first-order valence-corrected chi connectivity index (χ1v) is 7.82. The van der Waals surface area contributed by atoms with E-state index in [4.69, 9.17) is 27.9 Å². The van der Waals surface area contributed by atoms with Crippen LogP contribution in [0.3, 0.4) is 0 Å². The Hall–Kier alpha value is -1.44. The van der Waals surface area contributed by atoms with E-state index < -0.39 is 24.7 Å². The van der Waals surface area contributed by atoms with Crippen LogP contribution in [0, 0.1) is 0 Å². The van der Waals surface area contributed by atoms with Crippen molar-refractivity contribution < 1.29 is 22.7 Å². The molecular weight excluding hydrogens is 368 g/mol. The number of alkyl halides is 3. The van der Waals surface area contributed by atoms with Gasteiger partial charge < -0.3 is 14.6 Å². The first kappa shape index (κ1) is 17.4. The Balaban J connectivity index is 2.10. The molecule has 0 saturated carbocycles. The third kappa shape index (κ3) is 2.85. The molecule has 0 radical (unpaired) electrons. The Bertz CT molecular complexity index is 804. The van der Waals surface area contributed by atoms with Crippen molar-refractivity contribution in [3.63, 3.8) is 0 Å². The summed E-state index contributed by atoms with van der Waals surface area (Å²) >= 11 is 12.1. The van der Waals surface area contributed by atoms with Crippen molar-refractivity contribution in [3.8, 4) is 0 Å². The van der Waals surface area contributed by atoms with Crippen LogP contribution in [0.25, 0.3) is 10.9 Å². The van der Waals surface area contributed by atoms with Gasteiger partial charge in [-0.2, -0.15) is 13.2 Å². The lowest BCUT2D eigenvalue weighted by atomic mass is 9.97. The average Bonchev–Trinajstić information content (AvgIpc) is 2.87. The van der Waals surface area contributed by atoms with Gasteiger partial charge in [0.2, 0.25) is 5.91 Å². The van der Waals surface area contributed by atoms with Crippen molar-refractivity contribution in [2.24, 2.45) is 0 Å². The van der Waals surface area contributed by atoms with Crippen molar-refractivity contribution in [3.05, 3.63) is 33.4 Å². The zero-order chi connectivity index (χ0) is 17.6. The van der Waals surface area contributed by atoms with E-state index in [1.54, 1.807) is 12.1 Å². The number of benzene rings is 1. The van der Waals surface area contributed by atoms with Gasteiger partial charge in [-0.15, -0.1) is 0 Å². The summed E-state index contributed by atoms with van der Waals surface area (Å²) < 4.78 is 44.9. The molecule has 3 rings (SSSR count). The fourth-order valence-electron chi connectivity index (χ4n) is 3.01. The largest absolute Gasteiger partial charge is 0.409 e. The van der Waals surface area contributed by atoms with Gasteiger partial charge in [-0.3, -0.25) is 4.79 Å². The standard InChI is InChI=1S/C15H13Cl2F3N2O2/c1-24-6-12(23)22-5-8-7-2-3-9(16)13(17)14(7)21-10(8)4-11(22)15(18,19)20/h2-3,11,21H,4-6H2,1H3/t11-/m0/s1. The molecule has 4 nitrogen and oxygen atoms in total. The Kier molecular flexibility index (Phi) is 4.44. The summed E-state index contributed by atoms with van der Waals surface area (Å²) in [5.74, 6) is -0.708. The topological polar surface area (TPSA) is 45.3 Å². The number of H-pyrrole nitrogens is 1. The van der Waals surface area contributed by atoms with Gasteiger partial charge in [0.15, 0.2) is 0 Å². The number of nitrogens with zero attached hydrogens (tertiary/aromatic N) is 1. The second-order valence-corrected chi connectivity index (χ2v) is 6.37. The van der Waals surface area contributed by atoms with Crippen molar-refractivity contribution >= 4 is 40.0 Å². The maximum absolute atomic E-state index is 13.4. The Morgan fingerprint density at radius 2 is 2.12 bits per heavy atom. The number of methoxy groups -OCH3 is 1. The summed E-state index contributed by atoms with van der Waals surface area (Å²) in [4.78, 5) is 15.8. The zero-order valence-corrected chi connectivity index (χ0v) is 14.0. The van der Waals surface area contributed by atoms with Crippen molar-refractivity contribution in [1.29, 1.82) is 0 Å². The highest BCUT2D eigenvalue weighted by atomic mass is 35.5. The number of nitrogens with one attached hydrogen (secondary N) is 1. The van der Waals surface area contributed by atoms with Crippen LogP contribution < -0.4 is 0 Å². The lowest BCUT2D eigenvalue weighted by Crippen LogP contribution is -2.52. The fraction of sp³-hybridized carbons (Fsp3) is 0.400. The molecule has 0 fully saturated rings. The van der Waals surface area contributed by atoms with Gasteiger partial charge in [0.05, 0.1) is 15.6 Å². The Labute approximate surface area is 145 Å². The minimum absolute atomic E-state index is 0.167. The minimum Gasteiger partial charge on any atom is -0.375 e. The molecule has 1 amide bonds. The number of rotatable bonds is 2. The monoisotopic (exact) mass is 380 g/mol. The molecular formula is C15H13Cl2F3N2O2. The predicted molar refractivity (Wildman–Crippen MR) is 84.3 cm³/mol. The molecule has 0 spiro atoms. The highest BCUT2D eigenvalue weighted by Gasteiger charge is 2.48. The second-order valence-electron chi connectivity index (χ2n) is 5.58. The molecule has 130 valence electrons. The molecule has 1 N–H and O–H groups in total. The maximum atomic E-state index is 13.4. The number of carbonyl (C=O) groups excluding carboxylic acids is 1. The molecule has 24 heavy (non-hydrogen) atoms. The summed E-state index contributed by atoms with van der Waals surface area (Å²) in [6, 6.07) is 1.36. The molecule has 1 aromatic heterocycles. The van der Waals surface area contributed by atoms with Crippen molar-refractivity contribution in [2.75, 3.05) is 13.7 Å². The summed E-state index contributed by atoms with van der Waals surface area (Å²) in [7, 11) is 1.27. The molecule has 2 heterocycles. The van der Waals surface area contributed by atoms with Crippen molar-refractivity contribution in [2.45, 2.75) is 25.2 Å². The number of fused-ring (bicyclic) bond motifs is 3. The van der Waals surface area contributed by atoms with Crippen LogP contribution in [-0.4, -0.2) is 41.7 Å². The molecule has 1 aromatic carbocycles. The van der Waals surface area contributed by atoms with Crippen LogP contribution >= 0.6 is 23.2 Å². The number of hydrogen-bond donors (Lipinski definition) is 1. The van der Waals surface area contributed by atoms with Crippen LogP contribution in [0.4, 0.5) is 13.2 Å². The van der Waals surface area contributed by atoms with Gasteiger partial charge in [-0.05, 0) is 6.07 Å². The lowest BCUT2D eigenvalue weighted by Gasteiger charge is -2.36. The first-order chi connectivity index (χ1) is 11.2. The summed E-state index contributed by atoms with van der Waals surface area (Å²) in [5.41, 5.74) is 1.52. The van der Waals surface area contributed by atoms with Crippen molar-refractivity contribution in [1.82, 2.24) is 9.88 Å². The highest BCUT2D eigenvalue weighted by Crippen LogP contribution is 2.39. The maximum Gasteiger partial charge on any atom is 0.409 e. The minimum atomic E-state index is -4.54. The van der Waals surface area contributed by atoms with Crippen LogP contribution in [0.5, 0.6) is 0 Å². The number of ether oxygens (including phenoxy) is 1. The third-order valence-electron chi connectivity index (χ3n) is 4.13. The van der Waals surface area contributed by atoms with E-state index in [0.717, 1.165) is 4.90 Å². The van der Waals surface area contributed by atoms with Gasteiger partial charge in [0.1, 0.15) is 12.6 Å². The summed E-state index contributed by atoms with van der Waals surface area (Å²) in [5, 5.41) is 1.22. The van der Waals surface area contributed by atoms with Crippen LogP contribution in [0.15, 0.2) is 12.1 Å². The molecule has 1 aliphatic heterocycles. The average molecular weight is 381 g/mol. The lowest BCUT2D eigenvalue weighted by molar-refractivity contribution is -0.194. The number of hydrogen-bond acceptors (Lipinski definition) is 2. The highest BCUT2D eigenvalue weighted by molar-refractivity contribution is 6.45. The van der Waals surface area contributed by atoms with E-state index in [0.29, 0.717) is 27.2 Å². The van der Waals surface area contributed by atoms with Crippen LogP contribution in [0.2, 0.25) is 10.0 Å².